The fraction of sp³-hybridized carbons (Fsp3) is 0.143. The van der Waals surface area contributed by atoms with Crippen LogP contribution in [-0.4, -0.2) is 0 Å². The van der Waals surface area contributed by atoms with Gasteiger partial charge in [-0.15, -0.1) is 11.8 Å². The number of benzene rings is 2. The zero-order valence-corrected chi connectivity index (χ0v) is 12.2. The van der Waals surface area contributed by atoms with Crippen LogP contribution in [0.5, 0.6) is 0 Å². The molecule has 2 N–H and O–H groups in total. The SMILES string of the molecule is CC(Sc1cc(Cl)cc(Cl)c1)c1ccc(N)cc1. The summed E-state index contributed by atoms with van der Waals surface area (Å²) >= 11 is 13.7. The number of halogens is 2. The fourth-order valence-electron chi connectivity index (χ4n) is 1.64. The molecule has 18 heavy (non-hydrogen) atoms. The van der Waals surface area contributed by atoms with E-state index in [0.717, 1.165) is 10.6 Å². The molecule has 0 spiro atoms. The van der Waals surface area contributed by atoms with E-state index >= 15 is 0 Å². The molecule has 1 nitrogen and oxygen atoms in total. The first-order valence-corrected chi connectivity index (χ1v) is 7.16. The van der Waals surface area contributed by atoms with E-state index in [1.54, 1.807) is 17.8 Å². The van der Waals surface area contributed by atoms with Crippen molar-refractivity contribution >= 4 is 40.7 Å². The maximum absolute atomic E-state index is 5.99. The highest BCUT2D eigenvalue weighted by atomic mass is 35.5. The van der Waals surface area contributed by atoms with Gasteiger partial charge in [0.15, 0.2) is 0 Å². The van der Waals surface area contributed by atoms with Crippen molar-refractivity contribution in [2.45, 2.75) is 17.1 Å². The van der Waals surface area contributed by atoms with Crippen molar-refractivity contribution in [3.05, 3.63) is 58.1 Å². The maximum atomic E-state index is 5.99. The molecule has 1 atom stereocenters. The average molecular weight is 298 g/mol. The Morgan fingerprint density at radius 3 is 2.11 bits per heavy atom. The topological polar surface area (TPSA) is 26.0 Å². The monoisotopic (exact) mass is 297 g/mol. The number of hydrogen-bond donors (Lipinski definition) is 1. The zero-order valence-electron chi connectivity index (χ0n) is 9.86. The molecule has 0 bridgehead atoms. The van der Waals surface area contributed by atoms with Crippen LogP contribution in [0.2, 0.25) is 10.0 Å². The Hall–Kier alpha value is -0.830. The highest BCUT2D eigenvalue weighted by Gasteiger charge is 2.08. The summed E-state index contributed by atoms with van der Waals surface area (Å²) in [4.78, 5) is 1.07. The smallest absolute Gasteiger partial charge is 0.0431 e. The molecule has 2 rings (SSSR count). The van der Waals surface area contributed by atoms with E-state index in [9.17, 15) is 0 Å². The number of thioether (sulfide) groups is 1. The molecule has 0 amide bonds. The van der Waals surface area contributed by atoms with E-state index in [-0.39, 0.29) is 0 Å². The van der Waals surface area contributed by atoms with Gasteiger partial charge < -0.3 is 5.73 Å². The minimum atomic E-state index is 0.320. The third-order valence-electron chi connectivity index (χ3n) is 2.55. The van der Waals surface area contributed by atoms with Crippen LogP contribution in [0.4, 0.5) is 5.69 Å². The highest BCUT2D eigenvalue weighted by Crippen LogP contribution is 2.37. The van der Waals surface area contributed by atoms with Crippen LogP contribution in [-0.2, 0) is 0 Å². The molecule has 94 valence electrons. The van der Waals surface area contributed by atoms with Gasteiger partial charge in [0.2, 0.25) is 0 Å². The molecule has 2 aromatic rings. The second-order valence-electron chi connectivity index (χ2n) is 4.03. The van der Waals surface area contributed by atoms with Crippen molar-refractivity contribution in [2.24, 2.45) is 0 Å². The lowest BCUT2D eigenvalue weighted by atomic mass is 10.1. The lowest BCUT2D eigenvalue weighted by Crippen LogP contribution is -1.90. The van der Waals surface area contributed by atoms with E-state index in [4.69, 9.17) is 28.9 Å². The summed E-state index contributed by atoms with van der Waals surface area (Å²) in [6, 6.07) is 13.5. The lowest BCUT2D eigenvalue weighted by Gasteiger charge is -2.12. The van der Waals surface area contributed by atoms with Gasteiger partial charge in [-0.25, -0.2) is 0 Å². The van der Waals surface area contributed by atoms with Crippen molar-refractivity contribution < 1.29 is 0 Å². The normalized spacial score (nSPS) is 12.4. The first-order valence-electron chi connectivity index (χ1n) is 5.53. The molecule has 4 heteroatoms. The Morgan fingerprint density at radius 1 is 1.00 bits per heavy atom. The summed E-state index contributed by atoms with van der Waals surface area (Å²) in [5, 5.41) is 1.64. The molecule has 2 aromatic carbocycles. The second kappa shape index (κ2) is 5.87. The Balaban J connectivity index is 2.15. The summed E-state index contributed by atoms with van der Waals surface area (Å²) < 4.78 is 0. The standard InChI is InChI=1S/C14H13Cl2NS/c1-9(10-2-4-13(17)5-3-10)18-14-7-11(15)6-12(16)8-14/h2-9H,17H2,1H3. The summed E-state index contributed by atoms with van der Waals surface area (Å²) in [5.41, 5.74) is 7.68. The maximum Gasteiger partial charge on any atom is 0.0431 e. The van der Waals surface area contributed by atoms with Gasteiger partial charge in [0.1, 0.15) is 0 Å². The molecule has 0 heterocycles. The van der Waals surface area contributed by atoms with Crippen LogP contribution in [0.25, 0.3) is 0 Å². The number of nitrogen functional groups attached to an aromatic ring is 1. The van der Waals surface area contributed by atoms with E-state index in [1.807, 2.05) is 36.4 Å². The molecule has 0 aliphatic rings. The molecule has 0 saturated carbocycles. The predicted octanol–water partition coefficient (Wildman–Crippen LogP) is 5.43. The predicted molar refractivity (Wildman–Crippen MR) is 81.6 cm³/mol. The third kappa shape index (κ3) is 3.58. The van der Waals surface area contributed by atoms with Crippen molar-refractivity contribution in [2.75, 3.05) is 5.73 Å². The Kier molecular flexibility index (Phi) is 4.44. The minimum absolute atomic E-state index is 0.320. The summed E-state index contributed by atoms with van der Waals surface area (Å²) in [7, 11) is 0. The number of nitrogens with two attached hydrogens (primary N) is 1. The quantitative estimate of drug-likeness (QED) is 0.604. The summed E-state index contributed by atoms with van der Waals surface area (Å²) in [6.45, 7) is 2.14. The second-order valence-corrected chi connectivity index (χ2v) is 6.32. The summed E-state index contributed by atoms with van der Waals surface area (Å²) in [6.07, 6.45) is 0. The van der Waals surface area contributed by atoms with Crippen molar-refractivity contribution in [1.29, 1.82) is 0 Å². The molecule has 0 aromatic heterocycles. The van der Waals surface area contributed by atoms with Crippen LogP contribution in [0.1, 0.15) is 17.7 Å². The van der Waals surface area contributed by atoms with Gasteiger partial charge in [-0.3, -0.25) is 0 Å². The minimum Gasteiger partial charge on any atom is -0.399 e. The van der Waals surface area contributed by atoms with E-state index < -0.39 is 0 Å². The molecule has 0 fully saturated rings. The van der Waals surface area contributed by atoms with Gasteiger partial charge in [-0.2, -0.15) is 0 Å². The van der Waals surface area contributed by atoms with E-state index in [2.05, 4.69) is 6.92 Å². The van der Waals surface area contributed by atoms with E-state index in [1.165, 1.54) is 5.56 Å². The number of hydrogen-bond acceptors (Lipinski definition) is 2. The van der Waals surface area contributed by atoms with Crippen molar-refractivity contribution in [1.82, 2.24) is 0 Å². The molecule has 0 aliphatic heterocycles. The summed E-state index contributed by atoms with van der Waals surface area (Å²) in [5.74, 6) is 0. The highest BCUT2D eigenvalue weighted by molar-refractivity contribution is 7.99. The fourth-order valence-corrected chi connectivity index (χ4v) is 3.38. The van der Waals surface area contributed by atoms with Gasteiger partial charge in [0.25, 0.3) is 0 Å². The third-order valence-corrected chi connectivity index (χ3v) is 4.12. The van der Waals surface area contributed by atoms with Crippen molar-refractivity contribution in [3.8, 4) is 0 Å². The van der Waals surface area contributed by atoms with Gasteiger partial charge in [0, 0.05) is 25.9 Å². The van der Waals surface area contributed by atoms with Crippen LogP contribution in [0.3, 0.4) is 0 Å². The number of rotatable bonds is 3. The molecule has 0 aliphatic carbocycles. The first kappa shape index (κ1) is 13.6. The molecule has 0 saturated heterocycles. The molecule has 1 unspecified atom stereocenters. The van der Waals surface area contributed by atoms with Crippen LogP contribution in [0, 0.1) is 0 Å². The van der Waals surface area contributed by atoms with E-state index in [0.29, 0.717) is 15.3 Å². The van der Waals surface area contributed by atoms with Gasteiger partial charge in [-0.05, 0) is 42.8 Å². The Bertz CT molecular complexity index is 520. The molecular formula is C14H13Cl2NS. The van der Waals surface area contributed by atoms with Gasteiger partial charge in [0.05, 0.1) is 0 Å². The van der Waals surface area contributed by atoms with Gasteiger partial charge >= 0.3 is 0 Å². The first-order chi connectivity index (χ1) is 8.54. The zero-order chi connectivity index (χ0) is 13.1. The molecular weight excluding hydrogens is 285 g/mol. The largest absolute Gasteiger partial charge is 0.399 e. The molecule has 0 radical (unpaired) electrons. The van der Waals surface area contributed by atoms with Crippen LogP contribution in [0.15, 0.2) is 47.4 Å². The number of anilines is 1. The Morgan fingerprint density at radius 2 is 1.56 bits per heavy atom. The van der Waals surface area contributed by atoms with Crippen LogP contribution < -0.4 is 5.73 Å². The lowest BCUT2D eigenvalue weighted by molar-refractivity contribution is 1.10. The average Bonchev–Trinajstić information content (AvgIpc) is 2.28. The van der Waals surface area contributed by atoms with Crippen LogP contribution >= 0.6 is 35.0 Å². The van der Waals surface area contributed by atoms with Gasteiger partial charge in [-0.1, -0.05) is 35.3 Å². The Labute approximate surface area is 121 Å². The van der Waals surface area contributed by atoms with Crippen molar-refractivity contribution in [3.63, 3.8) is 0 Å².